The van der Waals surface area contributed by atoms with E-state index >= 15 is 0 Å². The van der Waals surface area contributed by atoms with Crippen molar-refractivity contribution in [3.8, 4) is 0 Å². The Morgan fingerprint density at radius 3 is 1.71 bits per heavy atom. The summed E-state index contributed by atoms with van der Waals surface area (Å²) in [5.41, 5.74) is 0. The van der Waals surface area contributed by atoms with Gasteiger partial charge in [-0.3, -0.25) is 0 Å². The summed E-state index contributed by atoms with van der Waals surface area (Å²) in [7, 11) is 2.31. The van der Waals surface area contributed by atoms with Gasteiger partial charge in [-0.1, -0.05) is 33.1 Å². The molecule has 3 saturated heterocycles. The fraction of sp³-hybridized carbons (Fsp3) is 1.00. The number of nitrogens with zero attached hydrogens (tertiary/aromatic N) is 2. The molecule has 28 heavy (non-hydrogen) atoms. The van der Waals surface area contributed by atoms with Crippen LogP contribution in [0.5, 0.6) is 0 Å². The first-order valence-corrected chi connectivity index (χ1v) is 14.0. The summed E-state index contributed by atoms with van der Waals surface area (Å²) < 4.78 is 21.1. The summed E-state index contributed by atoms with van der Waals surface area (Å²) >= 11 is 0. The van der Waals surface area contributed by atoms with Gasteiger partial charge in [0.1, 0.15) is 19.6 Å². The first-order chi connectivity index (χ1) is 13.4. The van der Waals surface area contributed by atoms with Gasteiger partial charge < -0.3 is 22.2 Å². The minimum absolute atomic E-state index is 0.794. The molecule has 0 aromatic carbocycles. The molecule has 2 bridgehead atoms. The zero-order chi connectivity index (χ0) is 20.3. The minimum atomic E-state index is -2.46. The fourth-order valence-corrected chi connectivity index (χ4v) is 7.10. The number of likely N-dealkylation sites (N-methyl/N-ethyl adjacent to an activating group) is 1. The Labute approximate surface area is 175 Å². The second kappa shape index (κ2) is 12.0. The summed E-state index contributed by atoms with van der Waals surface area (Å²) in [6, 6.07) is 0.993. The third kappa shape index (κ3) is 8.03. The Morgan fingerprint density at radius 1 is 0.714 bits per heavy atom. The minimum Gasteiger partial charge on any atom is -0.368 e. The highest BCUT2D eigenvalue weighted by molar-refractivity contribution is 6.60. The van der Waals surface area contributed by atoms with Crippen molar-refractivity contribution < 1.29 is 22.2 Å². The maximum absolute atomic E-state index is 6.30. The van der Waals surface area contributed by atoms with E-state index in [1.165, 1.54) is 69.1 Å². The van der Waals surface area contributed by atoms with Gasteiger partial charge in [0, 0.05) is 12.5 Å². The van der Waals surface area contributed by atoms with Crippen molar-refractivity contribution in [1.82, 2.24) is 0 Å². The Bertz CT molecular complexity index is 409. The quantitative estimate of drug-likeness (QED) is 0.257. The molecule has 3 rings (SSSR count). The molecule has 3 aliphatic heterocycles. The molecule has 3 heterocycles. The van der Waals surface area contributed by atoms with Crippen molar-refractivity contribution in [2.45, 2.75) is 71.3 Å². The predicted molar refractivity (Wildman–Crippen MR) is 118 cm³/mol. The van der Waals surface area contributed by atoms with E-state index in [0.717, 1.165) is 56.4 Å². The van der Waals surface area contributed by atoms with Gasteiger partial charge in [0.25, 0.3) is 0 Å². The monoisotopic (exact) mass is 416 g/mol. The molecule has 0 amide bonds. The molecule has 0 N–H and O–H groups in total. The van der Waals surface area contributed by atoms with E-state index in [4.69, 9.17) is 13.3 Å². The Morgan fingerprint density at radius 2 is 1.18 bits per heavy atom. The Hall–Kier alpha value is 0.0169. The van der Waals surface area contributed by atoms with Crippen LogP contribution in [-0.2, 0) is 13.3 Å². The van der Waals surface area contributed by atoms with E-state index in [9.17, 15) is 0 Å². The van der Waals surface area contributed by atoms with Gasteiger partial charge in [0.05, 0.1) is 53.6 Å². The van der Waals surface area contributed by atoms with Crippen molar-refractivity contribution in [2.75, 3.05) is 73.2 Å². The molecule has 6 heteroatoms. The average molecular weight is 417 g/mol. The number of hydrogen-bond acceptors (Lipinski definition) is 3. The van der Waals surface area contributed by atoms with Crippen molar-refractivity contribution in [3.63, 3.8) is 0 Å². The lowest BCUT2D eigenvalue weighted by molar-refractivity contribution is -0.912. The molecule has 0 aliphatic carbocycles. The van der Waals surface area contributed by atoms with Crippen LogP contribution >= 0.6 is 0 Å². The summed E-state index contributed by atoms with van der Waals surface area (Å²) in [4.78, 5) is 0. The first-order valence-electron chi connectivity index (χ1n) is 12.0. The number of fused-ring (bicyclic) bond motifs is 6. The molecule has 166 valence electrons. The van der Waals surface area contributed by atoms with Gasteiger partial charge in [-0.25, -0.2) is 0 Å². The summed E-state index contributed by atoms with van der Waals surface area (Å²) in [5.74, 6) is 0. The summed E-state index contributed by atoms with van der Waals surface area (Å²) in [6.45, 7) is 14.1. The number of quaternary nitrogens is 2. The van der Waals surface area contributed by atoms with Gasteiger partial charge >= 0.3 is 8.80 Å². The third-order valence-corrected chi connectivity index (χ3v) is 9.79. The molecule has 3 fully saturated rings. The lowest BCUT2D eigenvalue weighted by Crippen LogP contribution is -2.61. The van der Waals surface area contributed by atoms with E-state index in [1.54, 1.807) is 0 Å². The standard InChI is InChI=1S/C22H48N2O3Si/c1-5-7-9-11-14-23(3,13-10-8-6-2)15-12-22-28-25-19-16-24(4,17-20-26-28)18-21-27-28/h5-22H2,1-4H3/q+2. The smallest absolute Gasteiger partial charge is 0.368 e. The molecule has 1 atom stereocenters. The van der Waals surface area contributed by atoms with Gasteiger partial charge in [-0.2, -0.15) is 0 Å². The van der Waals surface area contributed by atoms with Crippen LogP contribution in [0.2, 0.25) is 6.04 Å². The van der Waals surface area contributed by atoms with E-state index in [-0.39, 0.29) is 0 Å². The highest BCUT2D eigenvalue weighted by Crippen LogP contribution is 2.25. The van der Waals surface area contributed by atoms with Gasteiger partial charge in [-0.05, 0) is 25.7 Å². The second-order valence-corrected chi connectivity index (χ2v) is 12.4. The van der Waals surface area contributed by atoms with E-state index in [1.807, 2.05) is 0 Å². The average Bonchev–Trinajstić information content (AvgIpc) is 2.62. The Kier molecular flexibility index (Phi) is 10.4. The van der Waals surface area contributed by atoms with Crippen LogP contribution in [-0.4, -0.2) is 91.0 Å². The normalized spacial score (nSPS) is 30.4. The van der Waals surface area contributed by atoms with Crippen LogP contribution in [0.25, 0.3) is 0 Å². The van der Waals surface area contributed by atoms with E-state index < -0.39 is 8.80 Å². The molecular formula is C22H48N2O3Si+2. The van der Waals surface area contributed by atoms with Crippen molar-refractivity contribution in [3.05, 3.63) is 0 Å². The van der Waals surface area contributed by atoms with Crippen LogP contribution in [0.4, 0.5) is 0 Å². The SMILES string of the molecule is CCCCCC[N+](C)(CCCCC)CCC[Si]12OCC[N+](C)(CCO1)CCO2. The van der Waals surface area contributed by atoms with Crippen LogP contribution in [0.3, 0.4) is 0 Å². The van der Waals surface area contributed by atoms with Crippen LogP contribution in [0, 0.1) is 0 Å². The molecule has 0 saturated carbocycles. The van der Waals surface area contributed by atoms with Crippen LogP contribution in [0.1, 0.15) is 65.2 Å². The lowest BCUT2D eigenvalue weighted by atomic mass is 10.1. The highest BCUT2D eigenvalue weighted by atomic mass is 28.4. The van der Waals surface area contributed by atoms with Gasteiger partial charge in [-0.15, -0.1) is 0 Å². The fourth-order valence-electron chi connectivity index (χ4n) is 4.62. The summed E-state index contributed by atoms with van der Waals surface area (Å²) in [5, 5.41) is 0. The van der Waals surface area contributed by atoms with Crippen molar-refractivity contribution in [2.24, 2.45) is 0 Å². The molecular weight excluding hydrogens is 368 g/mol. The number of rotatable bonds is 13. The maximum atomic E-state index is 6.30. The first kappa shape index (κ1) is 24.3. The molecule has 5 nitrogen and oxygen atoms in total. The van der Waals surface area contributed by atoms with Crippen LogP contribution in [0.15, 0.2) is 0 Å². The molecule has 0 radical (unpaired) electrons. The highest BCUT2D eigenvalue weighted by Gasteiger charge is 2.46. The van der Waals surface area contributed by atoms with Crippen LogP contribution < -0.4 is 0 Å². The van der Waals surface area contributed by atoms with E-state index in [2.05, 4.69) is 27.9 Å². The molecule has 3 aliphatic rings. The third-order valence-electron chi connectivity index (χ3n) is 6.89. The Balaban J connectivity index is 1.86. The largest absolute Gasteiger partial charge is 0.501 e. The van der Waals surface area contributed by atoms with Crippen molar-refractivity contribution >= 4 is 8.80 Å². The lowest BCUT2D eigenvalue weighted by Gasteiger charge is -2.43. The molecule has 0 aromatic rings. The molecule has 0 aromatic heterocycles. The van der Waals surface area contributed by atoms with Crippen molar-refractivity contribution in [1.29, 1.82) is 0 Å². The molecule has 0 spiro atoms. The zero-order valence-corrected chi connectivity index (χ0v) is 20.3. The molecule has 1 unspecified atom stereocenters. The van der Waals surface area contributed by atoms with Gasteiger partial charge in [0.15, 0.2) is 0 Å². The number of hydrogen-bond donors (Lipinski definition) is 0. The zero-order valence-electron chi connectivity index (χ0n) is 19.3. The topological polar surface area (TPSA) is 27.7 Å². The van der Waals surface area contributed by atoms with E-state index in [0.29, 0.717) is 0 Å². The maximum Gasteiger partial charge on any atom is 0.501 e. The van der Waals surface area contributed by atoms with Gasteiger partial charge in [0.2, 0.25) is 0 Å². The predicted octanol–water partition coefficient (Wildman–Crippen LogP) is 4.06. The second-order valence-electron chi connectivity index (χ2n) is 9.68. The summed E-state index contributed by atoms with van der Waals surface area (Å²) in [6.07, 6.45) is 10.6. The number of unbranched alkanes of at least 4 members (excludes halogenated alkanes) is 5.